The number of nitrogens with one attached hydrogen (secondary N) is 2. The van der Waals surface area contributed by atoms with Crippen molar-refractivity contribution < 1.29 is 14.2 Å². The van der Waals surface area contributed by atoms with Gasteiger partial charge in [0.25, 0.3) is 0 Å². The Balaban J connectivity index is 1.50. The van der Waals surface area contributed by atoms with Gasteiger partial charge in [0, 0.05) is 30.5 Å². The molecular weight excluding hydrogens is 364 g/mol. The van der Waals surface area contributed by atoms with Crippen molar-refractivity contribution >= 4 is 5.91 Å². The molecule has 0 aliphatic heterocycles. The van der Waals surface area contributed by atoms with Crippen molar-refractivity contribution in [2.45, 2.75) is 39.8 Å². The maximum absolute atomic E-state index is 12.3. The maximum Gasteiger partial charge on any atom is 0.227 e. The van der Waals surface area contributed by atoms with Crippen LogP contribution in [0.3, 0.4) is 0 Å². The first-order valence-corrected chi connectivity index (χ1v) is 10.2. The fourth-order valence-electron chi connectivity index (χ4n) is 3.24. The smallest absolute Gasteiger partial charge is 0.227 e. The number of amides is 1. The van der Waals surface area contributed by atoms with Crippen molar-refractivity contribution in [2.75, 3.05) is 13.1 Å². The minimum atomic E-state index is -0.0190. The molecule has 0 saturated heterocycles. The average molecular weight is 394 g/mol. The largest absolute Gasteiger partial charge is 0.352 e. The zero-order valence-electron chi connectivity index (χ0n) is 17.1. The number of hydrogen-bond donors (Lipinski definition) is 2. The Labute approximate surface area is 171 Å². The van der Waals surface area contributed by atoms with Gasteiger partial charge in [-0.25, -0.2) is 0 Å². The van der Waals surface area contributed by atoms with Gasteiger partial charge in [-0.1, -0.05) is 59.8 Å². The molecule has 1 aromatic heterocycles. The van der Waals surface area contributed by atoms with Gasteiger partial charge in [0.05, 0.1) is 13.1 Å². The van der Waals surface area contributed by atoms with E-state index in [0.29, 0.717) is 31.1 Å². The third kappa shape index (κ3) is 5.99. The highest BCUT2D eigenvalue weighted by Gasteiger charge is 2.12. The molecule has 0 aliphatic carbocycles. The van der Waals surface area contributed by atoms with Gasteiger partial charge < -0.3 is 14.7 Å². The number of aryl methyl sites for hydroxylation is 1. The molecule has 0 aliphatic rings. The number of nitrogens with zero attached hydrogens (tertiary/aromatic N) is 2. The molecule has 0 radical (unpaired) electrons. The summed E-state index contributed by atoms with van der Waals surface area (Å²) in [4.78, 5) is 18.2. The second-order valence-electron chi connectivity index (χ2n) is 7.06. The Hall–Kier alpha value is -2.99. The number of hydrogen-bond acceptors (Lipinski definition) is 4. The van der Waals surface area contributed by atoms with Gasteiger partial charge in [-0.2, -0.15) is 4.98 Å². The van der Waals surface area contributed by atoms with Gasteiger partial charge >= 0.3 is 0 Å². The average Bonchev–Trinajstić information content (AvgIpc) is 3.25. The summed E-state index contributed by atoms with van der Waals surface area (Å²) in [6.07, 6.45) is 0.747. The van der Waals surface area contributed by atoms with E-state index in [0.717, 1.165) is 25.2 Å². The monoisotopic (exact) mass is 393 g/mol. The summed E-state index contributed by atoms with van der Waals surface area (Å²) in [6.45, 7) is 8.09. The Morgan fingerprint density at radius 2 is 1.69 bits per heavy atom. The van der Waals surface area contributed by atoms with Crippen LogP contribution in [0.15, 0.2) is 59.1 Å². The summed E-state index contributed by atoms with van der Waals surface area (Å²) < 4.78 is 5.28. The molecule has 0 saturated carbocycles. The van der Waals surface area contributed by atoms with Gasteiger partial charge in [-0.15, -0.1) is 0 Å². The zero-order valence-corrected chi connectivity index (χ0v) is 17.1. The van der Waals surface area contributed by atoms with Crippen molar-refractivity contribution in [1.82, 2.24) is 15.5 Å². The van der Waals surface area contributed by atoms with Crippen LogP contribution in [-0.2, 0) is 24.3 Å². The SMILES string of the molecule is CC[NH+](CC)Cc1ccccc1CNC(=O)CCc1nc(-c2ccccc2)no1. The topological polar surface area (TPSA) is 72.5 Å². The first-order valence-electron chi connectivity index (χ1n) is 10.2. The highest BCUT2D eigenvalue weighted by Crippen LogP contribution is 2.15. The molecule has 0 spiro atoms. The van der Waals surface area contributed by atoms with Crippen LogP contribution in [-0.4, -0.2) is 29.1 Å². The van der Waals surface area contributed by atoms with E-state index < -0.39 is 0 Å². The molecule has 0 fully saturated rings. The molecule has 3 aromatic rings. The summed E-state index contributed by atoms with van der Waals surface area (Å²) in [7, 11) is 0. The van der Waals surface area contributed by atoms with Gasteiger partial charge in [0.1, 0.15) is 6.54 Å². The molecule has 1 heterocycles. The van der Waals surface area contributed by atoms with Crippen molar-refractivity contribution in [3.63, 3.8) is 0 Å². The minimum Gasteiger partial charge on any atom is -0.352 e. The third-order valence-electron chi connectivity index (χ3n) is 5.10. The summed E-state index contributed by atoms with van der Waals surface area (Å²) in [5.41, 5.74) is 3.36. The molecule has 2 aromatic carbocycles. The lowest BCUT2D eigenvalue weighted by atomic mass is 10.1. The molecule has 1 amide bonds. The second-order valence-corrected chi connectivity index (χ2v) is 7.06. The molecule has 29 heavy (non-hydrogen) atoms. The molecule has 6 heteroatoms. The van der Waals surface area contributed by atoms with Gasteiger partial charge in [-0.3, -0.25) is 4.79 Å². The lowest BCUT2D eigenvalue weighted by Gasteiger charge is -2.17. The standard InChI is InChI=1S/C23H28N4O2/c1-3-27(4-2)17-20-13-9-8-12-19(20)16-24-21(28)14-15-22-25-23(26-29-22)18-10-6-5-7-11-18/h5-13H,3-4,14-17H2,1-2H3,(H,24,28)/p+1. The number of quaternary nitrogens is 1. The van der Waals surface area contributed by atoms with Crippen molar-refractivity contribution in [1.29, 1.82) is 0 Å². The summed E-state index contributed by atoms with van der Waals surface area (Å²) >= 11 is 0. The lowest BCUT2D eigenvalue weighted by molar-refractivity contribution is -0.910. The summed E-state index contributed by atoms with van der Waals surface area (Å²) in [6, 6.07) is 18.0. The van der Waals surface area contributed by atoms with Crippen molar-refractivity contribution in [3.05, 3.63) is 71.6 Å². The Bertz CT molecular complexity index is 904. The van der Waals surface area contributed by atoms with Crippen LogP contribution in [0, 0.1) is 0 Å². The van der Waals surface area contributed by atoms with E-state index in [9.17, 15) is 4.79 Å². The number of aromatic nitrogens is 2. The number of benzene rings is 2. The maximum atomic E-state index is 12.3. The molecule has 6 nitrogen and oxygen atoms in total. The predicted molar refractivity (Wildman–Crippen MR) is 112 cm³/mol. The summed E-state index contributed by atoms with van der Waals surface area (Å²) in [5.74, 6) is 1.01. The molecule has 0 bridgehead atoms. The van der Waals surface area contributed by atoms with Crippen LogP contribution >= 0.6 is 0 Å². The highest BCUT2D eigenvalue weighted by molar-refractivity contribution is 5.76. The molecule has 0 atom stereocenters. The van der Waals surface area contributed by atoms with Crippen LogP contribution in [0.25, 0.3) is 11.4 Å². The van der Waals surface area contributed by atoms with E-state index in [2.05, 4.69) is 47.5 Å². The number of carbonyl (C=O) groups is 1. The van der Waals surface area contributed by atoms with Crippen molar-refractivity contribution in [3.8, 4) is 11.4 Å². The van der Waals surface area contributed by atoms with E-state index in [1.165, 1.54) is 16.0 Å². The quantitative estimate of drug-likeness (QED) is 0.555. The lowest BCUT2D eigenvalue weighted by Crippen LogP contribution is -3.10. The van der Waals surface area contributed by atoms with E-state index in [1.807, 2.05) is 36.4 Å². The normalized spacial score (nSPS) is 11.0. The summed E-state index contributed by atoms with van der Waals surface area (Å²) in [5, 5.41) is 7.01. The molecular formula is C23H29N4O2+. The molecule has 0 unspecified atom stereocenters. The molecule has 152 valence electrons. The Morgan fingerprint density at radius 1 is 1.00 bits per heavy atom. The van der Waals surface area contributed by atoms with E-state index >= 15 is 0 Å². The zero-order chi connectivity index (χ0) is 20.5. The third-order valence-corrected chi connectivity index (χ3v) is 5.10. The number of rotatable bonds is 10. The minimum absolute atomic E-state index is 0.0190. The first-order chi connectivity index (χ1) is 14.2. The predicted octanol–water partition coefficient (Wildman–Crippen LogP) is 2.41. The first kappa shape index (κ1) is 20.7. The van der Waals surface area contributed by atoms with Crippen LogP contribution < -0.4 is 10.2 Å². The Kier molecular flexibility index (Phi) is 7.53. The molecule has 2 N–H and O–H groups in total. The van der Waals surface area contributed by atoms with Crippen molar-refractivity contribution in [2.24, 2.45) is 0 Å². The molecule has 3 rings (SSSR count). The van der Waals surface area contributed by atoms with Crippen LogP contribution in [0.1, 0.15) is 37.3 Å². The van der Waals surface area contributed by atoms with E-state index in [4.69, 9.17) is 4.52 Å². The fourth-order valence-corrected chi connectivity index (χ4v) is 3.24. The highest BCUT2D eigenvalue weighted by atomic mass is 16.5. The van der Waals surface area contributed by atoms with Crippen LogP contribution in [0.2, 0.25) is 0 Å². The van der Waals surface area contributed by atoms with Crippen LogP contribution in [0.4, 0.5) is 0 Å². The van der Waals surface area contributed by atoms with Crippen LogP contribution in [0.5, 0.6) is 0 Å². The Morgan fingerprint density at radius 3 is 2.41 bits per heavy atom. The second kappa shape index (κ2) is 10.5. The van der Waals surface area contributed by atoms with Gasteiger partial charge in [0.15, 0.2) is 0 Å². The van der Waals surface area contributed by atoms with E-state index in [1.54, 1.807) is 0 Å². The van der Waals surface area contributed by atoms with E-state index in [-0.39, 0.29) is 5.91 Å². The van der Waals surface area contributed by atoms with Gasteiger partial charge in [0.2, 0.25) is 17.6 Å². The number of carbonyl (C=O) groups excluding carboxylic acids is 1. The fraction of sp³-hybridized carbons (Fsp3) is 0.348. The van der Waals surface area contributed by atoms with Gasteiger partial charge in [-0.05, 0) is 19.4 Å².